The number of benzene rings is 1. The van der Waals surface area contributed by atoms with Crippen LogP contribution in [0.2, 0.25) is 0 Å². The molecule has 0 spiro atoms. The Morgan fingerprint density at radius 1 is 1.26 bits per heavy atom. The first-order valence-corrected chi connectivity index (χ1v) is 7.44. The number of nitrogens with one attached hydrogen (secondary N) is 2. The number of aliphatic hydroxyl groups is 2. The Kier molecular flexibility index (Phi) is 4.29. The lowest BCUT2D eigenvalue weighted by Gasteiger charge is -2.09. The molecule has 0 aliphatic rings. The van der Waals surface area contributed by atoms with Crippen LogP contribution < -0.4 is 11.1 Å². The highest BCUT2D eigenvalue weighted by atomic mass is 16.5. The van der Waals surface area contributed by atoms with Gasteiger partial charge < -0.3 is 26.2 Å². The van der Waals surface area contributed by atoms with E-state index in [0.29, 0.717) is 24.0 Å². The Morgan fingerprint density at radius 2 is 2.09 bits per heavy atom. The summed E-state index contributed by atoms with van der Waals surface area (Å²) in [6, 6.07) is 9.66. The molecule has 1 aromatic carbocycles. The highest BCUT2D eigenvalue weighted by Crippen LogP contribution is 2.24. The molecule has 2 heterocycles. The highest BCUT2D eigenvalue weighted by molar-refractivity contribution is 5.79. The van der Waals surface area contributed by atoms with Gasteiger partial charge in [-0.05, 0) is 29.3 Å². The van der Waals surface area contributed by atoms with Crippen LogP contribution in [-0.2, 0) is 13.0 Å². The van der Waals surface area contributed by atoms with E-state index in [1.165, 1.54) is 0 Å². The molecule has 6 heteroatoms. The summed E-state index contributed by atoms with van der Waals surface area (Å²) in [4.78, 5) is 7.50. The van der Waals surface area contributed by atoms with Gasteiger partial charge in [-0.1, -0.05) is 12.1 Å². The summed E-state index contributed by atoms with van der Waals surface area (Å²) in [5, 5.41) is 22.0. The molecule has 0 aliphatic heterocycles. The second-order valence-corrected chi connectivity index (χ2v) is 5.45. The first-order chi connectivity index (χ1) is 11.1. The van der Waals surface area contributed by atoms with Crippen LogP contribution in [0.1, 0.15) is 28.7 Å². The van der Waals surface area contributed by atoms with Gasteiger partial charge in [0.05, 0.1) is 11.0 Å². The number of rotatable bonds is 5. The fraction of sp³-hybridized carbons (Fsp3) is 0.235. The molecule has 2 aromatic heterocycles. The first kappa shape index (κ1) is 15.5. The highest BCUT2D eigenvalue weighted by Gasteiger charge is 2.12. The maximum atomic E-state index is 9.43. The van der Waals surface area contributed by atoms with Crippen molar-refractivity contribution in [3.8, 4) is 0 Å². The molecule has 6 nitrogen and oxygen atoms in total. The average molecular weight is 312 g/mol. The van der Waals surface area contributed by atoms with Gasteiger partial charge in [-0.2, -0.15) is 0 Å². The van der Waals surface area contributed by atoms with Crippen LogP contribution in [-0.4, -0.2) is 27.2 Å². The quantitative estimate of drug-likeness (QED) is 0.460. The Labute approximate surface area is 134 Å². The monoisotopic (exact) mass is 312 g/mol. The number of nitrogens with two attached hydrogens (primary N) is 1. The molecule has 0 fully saturated rings. The van der Waals surface area contributed by atoms with Crippen molar-refractivity contribution in [2.24, 2.45) is 5.73 Å². The van der Waals surface area contributed by atoms with E-state index in [1.54, 1.807) is 12.3 Å². The maximum Gasteiger partial charge on any atom is 0.180 e. The topological polar surface area (TPSA) is 107 Å². The van der Waals surface area contributed by atoms with E-state index in [4.69, 9.17) is 5.73 Å². The third kappa shape index (κ3) is 3.05. The van der Waals surface area contributed by atoms with Crippen LogP contribution in [0.25, 0.3) is 11.0 Å². The zero-order valence-electron chi connectivity index (χ0n) is 12.9. The van der Waals surface area contributed by atoms with Crippen LogP contribution >= 0.6 is 0 Å². The summed E-state index contributed by atoms with van der Waals surface area (Å²) >= 11 is 0. The Bertz CT molecular complexity index is 827. The molecule has 0 atom stereocenters. The van der Waals surface area contributed by atoms with Gasteiger partial charge in [0.2, 0.25) is 0 Å². The van der Waals surface area contributed by atoms with Gasteiger partial charge in [-0.25, -0.2) is 0 Å². The largest absolute Gasteiger partial charge is 0.388 e. The van der Waals surface area contributed by atoms with E-state index < -0.39 is 6.29 Å². The number of aromatic amines is 1. The van der Waals surface area contributed by atoms with E-state index >= 15 is 0 Å². The molecule has 120 valence electrons. The Balaban J connectivity index is 1.94. The summed E-state index contributed by atoms with van der Waals surface area (Å²) in [5.74, 6) is 0. The van der Waals surface area contributed by atoms with Crippen molar-refractivity contribution in [2.75, 3.05) is 12.4 Å². The van der Waals surface area contributed by atoms with E-state index in [0.717, 1.165) is 28.0 Å². The predicted octanol–water partition coefficient (Wildman–Crippen LogP) is 1.64. The van der Waals surface area contributed by atoms with E-state index in [2.05, 4.69) is 21.4 Å². The zero-order chi connectivity index (χ0) is 16.4. The minimum Gasteiger partial charge on any atom is -0.388 e. The van der Waals surface area contributed by atoms with Crippen molar-refractivity contribution in [1.82, 2.24) is 9.97 Å². The molecule has 0 unspecified atom stereocenters. The molecule has 6 N–H and O–H groups in total. The number of aliphatic hydroxyl groups excluding tert-OH is 1. The molecule has 0 saturated carbocycles. The normalized spacial score (nSPS) is 11.3. The van der Waals surface area contributed by atoms with Crippen molar-refractivity contribution >= 4 is 16.7 Å². The lowest BCUT2D eigenvalue weighted by molar-refractivity contribution is -0.0414. The summed E-state index contributed by atoms with van der Waals surface area (Å²) in [7, 11) is 1.88. The van der Waals surface area contributed by atoms with E-state index in [-0.39, 0.29) is 0 Å². The SMILES string of the molecule is CNc1cc(Cc2cc3nccc(C(O)O)c3[nH]2)ccc1CN. The second-order valence-electron chi connectivity index (χ2n) is 5.45. The first-order valence-electron chi connectivity index (χ1n) is 7.44. The molecular weight excluding hydrogens is 292 g/mol. The lowest BCUT2D eigenvalue weighted by Crippen LogP contribution is -2.03. The smallest absolute Gasteiger partial charge is 0.180 e. The number of hydrogen-bond donors (Lipinski definition) is 5. The molecule has 0 aliphatic carbocycles. The minimum absolute atomic E-state index is 0.427. The van der Waals surface area contributed by atoms with Crippen molar-refractivity contribution in [2.45, 2.75) is 19.3 Å². The van der Waals surface area contributed by atoms with Crippen LogP contribution in [0.4, 0.5) is 5.69 Å². The minimum atomic E-state index is -1.52. The zero-order valence-corrected chi connectivity index (χ0v) is 12.9. The van der Waals surface area contributed by atoms with Crippen molar-refractivity contribution in [3.63, 3.8) is 0 Å². The number of hydrogen-bond acceptors (Lipinski definition) is 5. The van der Waals surface area contributed by atoms with Gasteiger partial charge in [0, 0.05) is 43.2 Å². The summed E-state index contributed by atoms with van der Waals surface area (Å²) < 4.78 is 0. The standard InChI is InChI=1S/C17H20N4O2/c1-19-14-7-10(2-3-11(14)9-18)6-12-8-15-16(21-12)13(17(22)23)4-5-20-15/h2-5,7-8,17,19,21-23H,6,9,18H2,1H3. The number of H-pyrrole nitrogens is 1. The van der Waals surface area contributed by atoms with E-state index in [9.17, 15) is 10.2 Å². The molecule has 3 rings (SSSR count). The van der Waals surface area contributed by atoms with Gasteiger partial charge in [0.25, 0.3) is 0 Å². The molecule has 23 heavy (non-hydrogen) atoms. The second kappa shape index (κ2) is 6.37. The fourth-order valence-corrected chi connectivity index (χ4v) is 2.78. The van der Waals surface area contributed by atoms with Gasteiger partial charge in [-0.3, -0.25) is 4.98 Å². The van der Waals surface area contributed by atoms with Crippen molar-refractivity contribution in [1.29, 1.82) is 0 Å². The molecule has 0 amide bonds. The summed E-state index contributed by atoms with van der Waals surface area (Å²) in [5.41, 5.74) is 11.7. The Morgan fingerprint density at radius 3 is 2.78 bits per heavy atom. The number of pyridine rings is 1. The maximum absolute atomic E-state index is 9.43. The van der Waals surface area contributed by atoms with Gasteiger partial charge in [0.1, 0.15) is 0 Å². The average Bonchev–Trinajstić information content (AvgIpc) is 2.96. The van der Waals surface area contributed by atoms with Gasteiger partial charge in [0.15, 0.2) is 6.29 Å². The fourth-order valence-electron chi connectivity index (χ4n) is 2.78. The van der Waals surface area contributed by atoms with Crippen LogP contribution in [0, 0.1) is 0 Å². The number of fused-ring (bicyclic) bond motifs is 1. The summed E-state index contributed by atoms with van der Waals surface area (Å²) in [6.45, 7) is 0.491. The number of nitrogens with zero attached hydrogens (tertiary/aromatic N) is 1. The third-order valence-electron chi connectivity index (χ3n) is 3.95. The summed E-state index contributed by atoms with van der Waals surface area (Å²) in [6.07, 6.45) is 0.743. The molecule has 0 radical (unpaired) electrons. The lowest BCUT2D eigenvalue weighted by atomic mass is 10.1. The predicted molar refractivity (Wildman–Crippen MR) is 90.0 cm³/mol. The number of anilines is 1. The number of aromatic nitrogens is 2. The van der Waals surface area contributed by atoms with Gasteiger partial charge >= 0.3 is 0 Å². The molecular formula is C17H20N4O2. The van der Waals surface area contributed by atoms with Crippen LogP contribution in [0.5, 0.6) is 0 Å². The van der Waals surface area contributed by atoms with E-state index in [1.807, 2.05) is 25.2 Å². The van der Waals surface area contributed by atoms with Crippen LogP contribution in [0.15, 0.2) is 36.5 Å². The van der Waals surface area contributed by atoms with Crippen molar-refractivity contribution in [3.05, 3.63) is 58.9 Å². The van der Waals surface area contributed by atoms with Crippen molar-refractivity contribution < 1.29 is 10.2 Å². The third-order valence-corrected chi connectivity index (χ3v) is 3.95. The molecule has 3 aromatic rings. The molecule has 0 saturated heterocycles. The van der Waals surface area contributed by atoms with Gasteiger partial charge in [-0.15, -0.1) is 0 Å². The molecule has 0 bridgehead atoms. The Hall–Kier alpha value is -2.41. The van der Waals surface area contributed by atoms with Crippen LogP contribution in [0.3, 0.4) is 0 Å².